The molecule has 4 aliphatic heterocycles. The molecule has 18 nitrogen and oxygen atoms in total. The minimum atomic E-state index is -0.687. The van der Waals surface area contributed by atoms with Crippen LogP contribution >= 0.6 is 11.8 Å². The van der Waals surface area contributed by atoms with E-state index in [2.05, 4.69) is 57.7 Å². The number of aromatic nitrogens is 4. The van der Waals surface area contributed by atoms with E-state index in [9.17, 15) is 29.1 Å². The molecule has 0 spiro atoms. The van der Waals surface area contributed by atoms with Gasteiger partial charge in [0.05, 0.1) is 25.0 Å². The molecule has 0 aliphatic carbocycles. The summed E-state index contributed by atoms with van der Waals surface area (Å²) >= 11 is 1.52. The van der Waals surface area contributed by atoms with Crippen molar-refractivity contribution in [2.24, 2.45) is 5.73 Å². The third kappa shape index (κ3) is 12.5. The summed E-state index contributed by atoms with van der Waals surface area (Å²) < 4.78 is 0. The molecule has 19 heteroatoms. The second kappa shape index (κ2) is 22.4. The van der Waals surface area contributed by atoms with E-state index in [1.165, 1.54) is 16.7 Å². The zero-order chi connectivity index (χ0) is 47.6. The quantitative estimate of drug-likeness (QED) is 0.0653. The number of benzene rings is 2. The molecular formula is C49H62N12O6S. The van der Waals surface area contributed by atoms with Crippen LogP contribution in [-0.2, 0) is 27.5 Å². The number of carbonyl (C=O) groups is 5. The molecule has 2 aromatic heterocycles. The maximum absolute atomic E-state index is 13.0. The molecule has 6 N–H and O–H groups in total. The minimum absolute atomic E-state index is 0.0143. The molecule has 0 radical (unpaired) electrons. The van der Waals surface area contributed by atoms with Gasteiger partial charge in [-0.2, -0.15) is 0 Å². The number of nitrogens with two attached hydrogens (primary N) is 1. The van der Waals surface area contributed by atoms with E-state index in [1.807, 2.05) is 36.5 Å². The van der Waals surface area contributed by atoms with Crippen LogP contribution in [-0.4, -0.2) is 128 Å². The van der Waals surface area contributed by atoms with Crippen molar-refractivity contribution in [3.8, 4) is 0 Å². The highest BCUT2D eigenvalue weighted by molar-refractivity contribution is 7.99. The van der Waals surface area contributed by atoms with Gasteiger partial charge in [0, 0.05) is 80.3 Å². The largest absolute Gasteiger partial charge is 0.395 e. The zero-order valence-corrected chi connectivity index (χ0v) is 39.5. The van der Waals surface area contributed by atoms with Gasteiger partial charge in [0.15, 0.2) is 11.5 Å². The number of amides is 5. The van der Waals surface area contributed by atoms with E-state index >= 15 is 0 Å². The van der Waals surface area contributed by atoms with Gasteiger partial charge in [-0.3, -0.25) is 34.2 Å². The maximum Gasteiger partial charge on any atom is 0.272 e. The number of unbranched alkanes of at least 4 members (excludes halogenated alkanes) is 5. The van der Waals surface area contributed by atoms with E-state index in [0.717, 1.165) is 117 Å². The molecule has 360 valence electrons. The predicted octanol–water partition coefficient (Wildman–Crippen LogP) is 4.28. The standard InChI is InChI=1S/C49H62N12O6S/c1-49(50)18-21-59(22-19-49)42-28-52-45(29-51-42)68-37-10-8-9-35(26-37)54-43(63)11-6-4-2-3-5-7-20-58-23-24-60(31-36(58)32-62)41-16-14-39(56-57-41)46(65)53-27-33-12-13-38-34(25-33)30-61(48(38)67)40-15-17-44(64)55-47(40)66/h8-10,12-14,16,25-26,28-29,36,40,62H,2-7,11,15,17-24,27,30-32,50H2,1H3,(H,53,65)(H,54,63)(H,55,64,66)/t36-,40?/m1/s1. The van der Waals surface area contributed by atoms with Crippen molar-refractivity contribution in [1.29, 1.82) is 0 Å². The van der Waals surface area contributed by atoms with Gasteiger partial charge in [-0.05, 0) is 93.1 Å². The summed E-state index contributed by atoms with van der Waals surface area (Å²) in [6.07, 6.45) is 12.5. The SMILES string of the molecule is CC1(N)CCN(c2cnc(Sc3cccc(NC(=O)CCCCCCCCN4CCN(c5ccc(C(=O)NCc6ccc7c(c6)CN(C6CCC(=O)NC6=O)C7=O)nn5)C[C@@H]4CO)c3)cn2)CC1. The Balaban J connectivity index is 0.684. The third-order valence-corrected chi connectivity index (χ3v) is 14.3. The number of aliphatic hydroxyl groups is 1. The number of rotatable bonds is 19. The Morgan fingerprint density at radius 2 is 1.71 bits per heavy atom. The molecular weight excluding hydrogens is 885 g/mol. The van der Waals surface area contributed by atoms with Gasteiger partial charge in [-0.25, -0.2) is 9.97 Å². The predicted molar refractivity (Wildman–Crippen MR) is 258 cm³/mol. The summed E-state index contributed by atoms with van der Waals surface area (Å²) in [5.74, 6) is 0.113. The monoisotopic (exact) mass is 946 g/mol. The molecule has 2 atom stereocenters. The van der Waals surface area contributed by atoms with Crippen LogP contribution in [0.4, 0.5) is 17.3 Å². The van der Waals surface area contributed by atoms with Crippen molar-refractivity contribution < 1.29 is 29.1 Å². The molecule has 8 rings (SSSR count). The van der Waals surface area contributed by atoms with E-state index in [1.54, 1.807) is 30.5 Å². The van der Waals surface area contributed by atoms with Crippen molar-refractivity contribution in [3.05, 3.63) is 89.4 Å². The average Bonchev–Trinajstić information content (AvgIpc) is 3.66. The van der Waals surface area contributed by atoms with E-state index < -0.39 is 11.9 Å². The summed E-state index contributed by atoms with van der Waals surface area (Å²) in [7, 11) is 0. The Morgan fingerprint density at radius 1 is 0.897 bits per heavy atom. The number of nitrogens with one attached hydrogen (secondary N) is 3. The first-order valence-corrected chi connectivity index (χ1v) is 24.6. The van der Waals surface area contributed by atoms with Gasteiger partial charge in [-0.1, -0.05) is 55.6 Å². The molecule has 4 aliphatic rings. The molecule has 6 heterocycles. The molecule has 5 amide bonds. The first kappa shape index (κ1) is 48.4. The summed E-state index contributed by atoms with van der Waals surface area (Å²) in [6.45, 7) is 7.34. The topological polar surface area (TPSA) is 232 Å². The highest BCUT2D eigenvalue weighted by Crippen LogP contribution is 2.31. The zero-order valence-electron chi connectivity index (χ0n) is 38.7. The van der Waals surface area contributed by atoms with Gasteiger partial charge in [0.2, 0.25) is 17.7 Å². The Bertz CT molecular complexity index is 2430. The fourth-order valence-corrected chi connectivity index (χ4v) is 10.0. The Morgan fingerprint density at radius 3 is 2.46 bits per heavy atom. The molecule has 2 aromatic carbocycles. The van der Waals surface area contributed by atoms with Crippen molar-refractivity contribution in [2.45, 2.75) is 118 Å². The van der Waals surface area contributed by atoms with E-state index in [-0.39, 0.29) is 67.0 Å². The second-order valence-corrected chi connectivity index (χ2v) is 19.7. The Hall–Kier alpha value is -6.02. The lowest BCUT2D eigenvalue weighted by atomic mass is 9.91. The number of piperazine rings is 1. The number of piperidine rings is 2. The number of hydrogen-bond donors (Lipinski definition) is 5. The fraction of sp³-hybridized carbons (Fsp3) is 0.490. The van der Waals surface area contributed by atoms with Crippen LogP contribution in [0.3, 0.4) is 0 Å². The van der Waals surface area contributed by atoms with Gasteiger partial charge < -0.3 is 36.2 Å². The van der Waals surface area contributed by atoms with E-state index in [4.69, 9.17) is 5.73 Å². The summed E-state index contributed by atoms with van der Waals surface area (Å²) in [5, 5.41) is 27.9. The van der Waals surface area contributed by atoms with Crippen LogP contribution in [0.2, 0.25) is 0 Å². The van der Waals surface area contributed by atoms with Crippen LogP contribution in [0, 0.1) is 0 Å². The van der Waals surface area contributed by atoms with Crippen molar-refractivity contribution >= 4 is 58.6 Å². The van der Waals surface area contributed by atoms with Gasteiger partial charge in [0.25, 0.3) is 11.8 Å². The highest BCUT2D eigenvalue weighted by atomic mass is 32.2. The van der Waals surface area contributed by atoms with Crippen molar-refractivity contribution in [1.82, 2.24) is 40.6 Å². The first-order valence-electron chi connectivity index (χ1n) is 23.8. The summed E-state index contributed by atoms with van der Waals surface area (Å²) in [4.78, 5) is 81.2. The number of imide groups is 1. The van der Waals surface area contributed by atoms with Gasteiger partial charge in [0.1, 0.15) is 16.9 Å². The summed E-state index contributed by atoms with van der Waals surface area (Å²) in [5.41, 5.74) is 9.18. The molecule has 1 unspecified atom stereocenters. The molecule has 68 heavy (non-hydrogen) atoms. The Labute approximate surface area is 401 Å². The Kier molecular flexibility index (Phi) is 16.0. The molecule has 4 aromatic rings. The van der Waals surface area contributed by atoms with Crippen LogP contribution in [0.5, 0.6) is 0 Å². The minimum Gasteiger partial charge on any atom is -0.395 e. The van der Waals surface area contributed by atoms with E-state index in [0.29, 0.717) is 30.8 Å². The number of anilines is 3. The lowest BCUT2D eigenvalue weighted by Gasteiger charge is -2.41. The normalized spacial score (nSPS) is 19.5. The fourth-order valence-electron chi connectivity index (χ4n) is 9.26. The number of hydrogen-bond acceptors (Lipinski definition) is 15. The lowest BCUT2D eigenvalue weighted by Crippen LogP contribution is -2.55. The molecule has 3 fully saturated rings. The van der Waals surface area contributed by atoms with Crippen LogP contribution in [0.25, 0.3) is 0 Å². The van der Waals surface area contributed by atoms with Crippen LogP contribution < -0.4 is 31.5 Å². The van der Waals surface area contributed by atoms with Crippen LogP contribution in [0.1, 0.15) is 110 Å². The number of aliphatic hydroxyl groups excluding tert-OH is 1. The average molecular weight is 947 g/mol. The number of nitrogens with zero attached hydrogens (tertiary/aromatic N) is 8. The lowest BCUT2D eigenvalue weighted by molar-refractivity contribution is -0.137. The molecule has 0 saturated carbocycles. The van der Waals surface area contributed by atoms with Crippen molar-refractivity contribution in [2.75, 3.05) is 61.0 Å². The summed E-state index contributed by atoms with van der Waals surface area (Å²) in [6, 6.07) is 15.8. The highest BCUT2D eigenvalue weighted by Gasteiger charge is 2.39. The first-order chi connectivity index (χ1) is 32.9. The van der Waals surface area contributed by atoms with Gasteiger partial charge >= 0.3 is 0 Å². The second-order valence-electron chi connectivity index (χ2n) is 18.6. The molecule has 3 saturated heterocycles. The third-order valence-electron chi connectivity index (χ3n) is 13.3. The maximum atomic E-state index is 13.0. The molecule has 0 bridgehead atoms. The number of carbonyl (C=O) groups excluding carboxylic acids is 5. The smallest absolute Gasteiger partial charge is 0.272 e. The van der Waals surface area contributed by atoms with Crippen molar-refractivity contribution in [3.63, 3.8) is 0 Å². The number of fused-ring (bicyclic) bond motifs is 1. The van der Waals surface area contributed by atoms with Crippen LogP contribution in [0.15, 0.2) is 76.9 Å². The van der Waals surface area contributed by atoms with Gasteiger partial charge in [-0.15, -0.1) is 10.2 Å².